The van der Waals surface area contributed by atoms with E-state index in [0.29, 0.717) is 44.6 Å². The maximum atomic E-state index is 13.0. The molecule has 0 unspecified atom stereocenters. The Morgan fingerprint density at radius 1 is 1.25 bits per heavy atom. The Morgan fingerprint density at radius 2 is 1.96 bits per heavy atom. The Bertz CT molecular complexity index is 1010. The van der Waals surface area contributed by atoms with Crippen LogP contribution in [0.3, 0.4) is 0 Å². The van der Waals surface area contributed by atoms with Crippen molar-refractivity contribution >= 4 is 66.8 Å². The Balaban J connectivity index is 2.06. The van der Waals surface area contributed by atoms with E-state index < -0.39 is 0 Å². The largest absolute Gasteiger partial charge is 0.492 e. The molecule has 0 atom stereocenters. The minimum Gasteiger partial charge on any atom is -0.492 e. The van der Waals surface area contributed by atoms with Crippen molar-refractivity contribution in [2.75, 3.05) is 18.7 Å². The van der Waals surface area contributed by atoms with Gasteiger partial charge in [-0.15, -0.1) is 0 Å². The van der Waals surface area contributed by atoms with Crippen LogP contribution in [0, 0.1) is 0 Å². The highest BCUT2D eigenvalue weighted by Gasteiger charge is 2.30. The van der Waals surface area contributed by atoms with E-state index in [-0.39, 0.29) is 5.91 Å². The number of halogens is 3. The third kappa shape index (κ3) is 3.83. The fourth-order valence-corrected chi connectivity index (χ4v) is 4.00. The van der Waals surface area contributed by atoms with Gasteiger partial charge in [-0.05, 0) is 75.5 Å². The van der Waals surface area contributed by atoms with Gasteiger partial charge < -0.3 is 9.47 Å². The van der Waals surface area contributed by atoms with Crippen LogP contribution in [-0.2, 0) is 4.79 Å². The highest BCUT2D eigenvalue weighted by Crippen LogP contribution is 2.43. The number of rotatable bonds is 5. The maximum absolute atomic E-state index is 13.0. The normalized spacial score (nSPS) is 15.2. The zero-order valence-electron chi connectivity index (χ0n) is 15.4. The van der Waals surface area contributed by atoms with Crippen molar-refractivity contribution in [2.24, 2.45) is 5.10 Å². The topological polar surface area (TPSA) is 51.1 Å². The molecule has 3 rings (SSSR count). The minimum absolute atomic E-state index is 0.248. The second-order valence-corrected chi connectivity index (χ2v) is 7.86. The van der Waals surface area contributed by atoms with Gasteiger partial charge in [0.2, 0.25) is 0 Å². The second kappa shape index (κ2) is 8.68. The lowest BCUT2D eigenvalue weighted by atomic mass is 10.1. The molecule has 0 aliphatic carbocycles. The van der Waals surface area contributed by atoms with E-state index in [1.54, 1.807) is 38.3 Å². The first-order valence-electron chi connectivity index (χ1n) is 8.44. The zero-order valence-corrected chi connectivity index (χ0v) is 19.4. The van der Waals surface area contributed by atoms with Gasteiger partial charge in [-0.3, -0.25) is 4.79 Å². The Hall–Kier alpha value is -1.83. The molecule has 5 nitrogen and oxygen atoms in total. The highest BCUT2D eigenvalue weighted by atomic mass is 79.9. The molecule has 8 heteroatoms. The number of benzene rings is 2. The van der Waals surface area contributed by atoms with Crippen molar-refractivity contribution in [1.82, 2.24) is 0 Å². The Morgan fingerprint density at radius 3 is 2.61 bits per heavy atom. The van der Waals surface area contributed by atoms with E-state index in [2.05, 4.69) is 37.0 Å². The molecule has 1 amide bonds. The molecule has 0 bridgehead atoms. The van der Waals surface area contributed by atoms with Crippen molar-refractivity contribution in [3.8, 4) is 11.5 Å². The summed E-state index contributed by atoms with van der Waals surface area (Å²) in [4.78, 5) is 13.0. The molecule has 0 fully saturated rings. The SMILES string of the molecule is CCOc1cc(/C=C2\C(=O)N(c3ccccc3Cl)N=C2C)c(Br)c(Br)c1OC. The van der Waals surface area contributed by atoms with Gasteiger partial charge in [-0.1, -0.05) is 23.7 Å². The quantitative estimate of drug-likeness (QED) is 0.442. The van der Waals surface area contributed by atoms with E-state index >= 15 is 0 Å². The smallest absolute Gasteiger partial charge is 0.280 e. The molecular weight excluding hydrogens is 511 g/mol. The summed E-state index contributed by atoms with van der Waals surface area (Å²) in [6.45, 7) is 4.17. The summed E-state index contributed by atoms with van der Waals surface area (Å²) in [7, 11) is 1.58. The highest BCUT2D eigenvalue weighted by molar-refractivity contribution is 9.13. The van der Waals surface area contributed by atoms with Crippen molar-refractivity contribution in [1.29, 1.82) is 0 Å². The van der Waals surface area contributed by atoms with Crippen LogP contribution in [0.25, 0.3) is 6.08 Å². The summed E-state index contributed by atoms with van der Waals surface area (Å²) < 4.78 is 12.6. The fraction of sp³-hybridized carbons (Fsp3) is 0.200. The first-order valence-corrected chi connectivity index (χ1v) is 10.4. The first kappa shape index (κ1) is 20.9. The summed E-state index contributed by atoms with van der Waals surface area (Å²) in [5.74, 6) is 0.911. The number of ether oxygens (including phenoxy) is 2. The monoisotopic (exact) mass is 526 g/mol. The van der Waals surface area contributed by atoms with Crippen LogP contribution in [0.4, 0.5) is 5.69 Å². The maximum Gasteiger partial charge on any atom is 0.280 e. The average Bonchev–Trinajstić information content (AvgIpc) is 2.94. The molecule has 0 saturated heterocycles. The third-order valence-corrected chi connectivity index (χ3v) is 6.57. The summed E-state index contributed by atoms with van der Waals surface area (Å²) in [5.41, 5.74) is 2.37. The van der Waals surface area contributed by atoms with Gasteiger partial charge in [0.25, 0.3) is 5.91 Å². The molecule has 28 heavy (non-hydrogen) atoms. The molecule has 0 aromatic heterocycles. The summed E-state index contributed by atoms with van der Waals surface area (Å²) >= 11 is 13.3. The lowest BCUT2D eigenvalue weighted by Crippen LogP contribution is -2.21. The van der Waals surface area contributed by atoms with Crippen LogP contribution in [0.5, 0.6) is 11.5 Å². The molecule has 1 heterocycles. The van der Waals surface area contributed by atoms with Crippen LogP contribution in [-0.4, -0.2) is 25.3 Å². The van der Waals surface area contributed by atoms with Gasteiger partial charge in [0, 0.05) is 4.47 Å². The van der Waals surface area contributed by atoms with Gasteiger partial charge >= 0.3 is 0 Å². The van der Waals surface area contributed by atoms with Crippen molar-refractivity contribution < 1.29 is 14.3 Å². The second-order valence-electron chi connectivity index (χ2n) is 5.87. The molecule has 2 aromatic rings. The lowest BCUT2D eigenvalue weighted by molar-refractivity contribution is -0.114. The number of hydrazone groups is 1. The van der Waals surface area contributed by atoms with Crippen molar-refractivity contribution in [2.45, 2.75) is 13.8 Å². The van der Waals surface area contributed by atoms with E-state index in [0.717, 1.165) is 10.0 Å². The van der Waals surface area contributed by atoms with Crippen LogP contribution < -0.4 is 14.5 Å². The molecule has 0 spiro atoms. The number of carbonyl (C=O) groups excluding carboxylic acids is 1. The Kier molecular flexibility index (Phi) is 6.47. The van der Waals surface area contributed by atoms with E-state index in [4.69, 9.17) is 21.1 Å². The average molecular weight is 529 g/mol. The van der Waals surface area contributed by atoms with E-state index in [1.807, 2.05) is 19.1 Å². The van der Waals surface area contributed by atoms with Crippen LogP contribution >= 0.6 is 43.5 Å². The molecule has 0 radical (unpaired) electrons. The van der Waals surface area contributed by atoms with Gasteiger partial charge in [-0.2, -0.15) is 10.1 Å². The number of hydrogen-bond acceptors (Lipinski definition) is 4. The molecule has 1 aliphatic rings. The zero-order chi connectivity index (χ0) is 20.4. The molecule has 0 N–H and O–H groups in total. The molecular formula is C20H17Br2ClN2O3. The number of anilines is 1. The predicted octanol–water partition coefficient (Wildman–Crippen LogP) is 6.08. The molecule has 146 valence electrons. The van der Waals surface area contributed by atoms with Gasteiger partial charge in [0.1, 0.15) is 0 Å². The standard InChI is InChI=1S/C20H17Br2ClN2O3/c1-4-28-16-10-12(17(21)18(22)19(16)27-3)9-13-11(2)24-25(20(13)26)15-8-6-5-7-14(15)23/h5-10H,4H2,1-3H3/b13-9-. The fourth-order valence-electron chi connectivity index (χ4n) is 2.79. The number of methoxy groups -OCH3 is 1. The summed E-state index contributed by atoms with van der Waals surface area (Å²) in [6, 6.07) is 8.92. The first-order chi connectivity index (χ1) is 13.4. The number of para-hydroxylation sites is 1. The van der Waals surface area contributed by atoms with E-state index in [9.17, 15) is 4.79 Å². The van der Waals surface area contributed by atoms with Crippen molar-refractivity contribution in [3.05, 3.63) is 55.4 Å². The molecule has 2 aromatic carbocycles. The lowest BCUT2D eigenvalue weighted by Gasteiger charge is -2.15. The van der Waals surface area contributed by atoms with Gasteiger partial charge in [0.05, 0.1) is 40.2 Å². The van der Waals surface area contributed by atoms with Crippen LogP contribution in [0.1, 0.15) is 19.4 Å². The summed E-state index contributed by atoms with van der Waals surface area (Å²) in [5, 5.41) is 6.17. The van der Waals surface area contributed by atoms with Gasteiger partial charge in [-0.25, -0.2) is 0 Å². The minimum atomic E-state index is -0.248. The number of carbonyl (C=O) groups is 1. The van der Waals surface area contributed by atoms with Crippen LogP contribution in [0.15, 0.2) is 50.0 Å². The van der Waals surface area contributed by atoms with E-state index in [1.165, 1.54) is 5.01 Å². The van der Waals surface area contributed by atoms with Crippen LogP contribution in [0.2, 0.25) is 5.02 Å². The number of nitrogens with zero attached hydrogens (tertiary/aromatic N) is 2. The molecule has 1 aliphatic heterocycles. The Labute approximate surface area is 185 Å². The van der Waals surface area contributed by atoms with Crippen molar-refractivity contribution in [3.63, 3.8) is 0 Å². The number of hydrogen-bond donors (Lipinski definition) is 0. The third-order valence-electron chi connectivity index (χ3n) is 4.10. The summed E-state index contributed by atoms with van der Waals surface area (Å²) in [6.07, 6.45) is 1.77. The van der Waals surface area contributed by atoms with Gasteiger partial charge in [0.15, 0.2) is 11.5 Å². The molecule has 0 saturated carbocycles. The predicted molar refractivity (Wildman–Crippen MR) is 120 cm³/mol. The number of amides is 1.